The number of aryl methyl sites for hydroxylation is 1. The first-order valence-electron chi connectivity index (χ1n) is 10.4. The van der Waals surface area contributed by atoms with Crippen LogP contribution in [0.25, 0.3) is 0 Å². The molecule has 0 spiro atoms. The van der Waals surface area contributed by atoms with Crippen LogP contribution in [0.2, 0.25) is 0 Å². The molecule has 0 amide bonds. The van der Waals surface area contributed by atoms with Gasteiger partial charge in [0.2, 0.25) is 0 Å². The van der Waals surface area contributed by atoms with Crippen molar-refractivity contribution in [3.63, 3.8) is 0 Å². The zero-order valence-corrected chi connectivity index (χ0v) is 17.4. The molecule has 2 fully saturated rings. The van der Waals surface area contributed by atoms with Crippen LogP contribution in [0.5, 0.6) is 0 Å². The molecule has 2 atom stereocenters. The summed E-state index contributed by atoms with van der Waals surface area (Å²) in [6.07, 6.45) is 7.93. The first-order chi connectivity index (χ1) is 13.1. The van der Waals surface area contributed by atoms with Crippen molar-refractivity contribution in [2.24, 2.45) is 18.0 Å². The summed E-state index contributed by atoms with van der Waals surface area (Å²) < 4.78 is 7.80. The van der Waals surface area contributed by atoms with Crippen LogP contribution in [0.3, 0.4) is 0 Å². The van der Waals surface area contributed by atoms with E-state index in [-0.39, 0.29) is 6.10 Å². The quantitative estimate of drug-likeness (QED) is 0.628. The third kappa shape index (κ3) is 5.45. The van der Waals surface area contributed by atoms with Crippen LogP contribution in [0.15, 0.2) is 17.4 Å². The Labute approximate surface area is 163 Å². The van der Waals surface area contributed by atoms with Crippen LogP contribution >= 0.6 is 0 Å². The molecular weight excluding hydrogens is 340 g/mol. The summed E-state index contributed by atoms with van der Waals surface area (Å²) in [5.74, 6) is 1.70. The van der Waals surface area contributed by atoms with Crippen molar-refractivity contribution >= 4 is 5.96 Å². The lowest BCUT2D eigenvalue weighted by atomic mass is 10.0. The van der Waals surface area contributed by atoms with E-state index in [1.807, 2.05) is 31.2 Å². The lowest BCUT2D eigenvalue weighted by Gasteiger charge is -2.39. The maximum Gasteiger partial charge on any atom is 0.193 e. The van der Waals surface area contributed by atoms with Crippen molar-refractivity contribution in [3.05, 3.63) is 18.0 Å². The molecule has 7 nitrogen and oxygen atoms in total. The molecule has 2 aliphatic heterocycles. The first kappa shape index (κ1) is 20.1. The highest BCUT2D eigenvalue weighted by Crippen LogP contribution is 2.22. The van der Waals surface area contributed by atoms with Gasteiger partial charge in [-0.05, 0) is 25.3 Å². The number of piperidine rings is 1. The van der Waals surface area contributed by atoms with Gasteiger partial charge in [-0.25, -0.2) is 0 Å². The molecule has 0 aromatic carbocycles. The predicted molar refractivity (Wildman–Crippen MR) is 109 cm³/mol. The molecule has 152 valence electrons. The van der Waals surface area contributed by atoms with E-state index in [0.29, 0.717) is 18.6 Å². The van der Waals surface area contributed by atoms with Crippen LogP contribution in [-0.2, 0) is 11.8 Å². The van der Waals surface area contributed by atoms with Crippen LogP contribution in [-0.4, -0.2) is 78.0 Å². The van der Waals surface area contributed by atoms with Gasteiger partial charge in [-0.1, -0.05) is 20.3 Å². The van der Waals surface area contributed by atoms with Crippen molar-refractivity contribution in [1.29, 1.82) is 0 Å². The lowest BCUT2D eigenvalue weighted by molar-refractivity contribution is -0.00820. The molecule has 27 heavy (non-hydrogen) atoms. The monoisotopic (exact) mass is 376 g/mol. The summed E-state index contributed by atoms with van der Waals surface area (Å²) in [6, 6.07) is 0.605. The number of aliphatic imine (C=N–C) groups is 1. The highest BCUT2D eigenvalue weighted by molar-refractivity contribution is 5.80. The fourth-order valence-corrected chi connectivity index (χ4v) is 4.19. The second-order valence-corrected chi connectivity index (χ2v) is 8.22. The Kier molecular flexibility index (Phi) is 7.13. The summed E-state index contributed by atoms with van der Waals surface area (Å²) in [7, 11) is 3.82. The van der Waals surface area contributed by atoms with Gasteiger partial charge in [-0.3, -0.25) is 14.6 Å². The predicted octanol–water partition coefficient (Wildman–Crippen LogP) is 1.88. The SMILES string of the molecule is CN=C(NCC1CCCCN1CC(C)C)N1CCOC(c2cnn(C)c2)C1. The Morgan fingerprint density at radius 2 is 2.22 bits per heavy atom. The molecule has 1 N–H and O–H groups in total. The number of nitrogens with zero attached hydrogens (tertiary/aromatic N) is 5. The van der Waals surface area contributed by atoms with E-state index < -0.39 is 0 Å². The van der Waals surface area contributed by atoms with E-state index in [1.165, 1.54) is 32.4 Å². The van der Waals surface area contributed by atoms with E-state index in [4.69, 9.17) is 4.74 Å². The average Bonchev–Trinajstić information content (AvgIpc) is 3.10. The van der Waals surface area contributed by atoms with Gasteiger partial charge in [0.05, 0.1) is 19.3 Å². The fraction of sp³-hybridized carbons (Fsp3) is 0.800. The summed E-state index contributed by atoms with van der Waals surface area (Å²) in [5, 5.41) is 7.93. The van der Waals surface area contributed by atoms with E-state index in [1.54, 1.807) is 0 Å². The van der Waals surface area contributed by atoms with Gasteiger partial charge in [0.15, 0.2) is 5.96 Å². The van der Waals surface area contributed by atoms with Crippen molar-refractivity contribution in [2.75, 3.05) is 46.4 Å². The minimum Gasteiger partial charge on any atom is -0.370 e. The zero-order chi connectivity index (χ0) is 19.2. The molecule has 0 radical (unpaired) electrons. The van der Waals surface area contributed by atoms with Crippen LogP contribution in [0.4, 0.5) is 0 Å². The number of aromatic nitrogens is 2. The molecule has 2 aliphatic rings. The largest absolute Gasteiger partial charge is 0.370 e. The van der Waals surface area contributed by atoms with Crippen LogP contribution in [0, 0.1) is 5.92 Å². The van der Waals surface area contributed by atoms with Gasteiger partial charge in [0.1, 0.15) is 6.10 Å². The maximum atomic E-state index is 5.97. The Hall–Kier alpha value is -1.60. The highest BCUT2D eigenvalue weighted by Gasteiger charge is 2.27. The highest BCUT2D eigenvalue weighted by atomic mass is 16.5. The molecule has 0 bridgehead atoms. The third-order valence-corrected chi connectivity index (χ3v) is 5.52. The standard InChI is InChI=1S/C20H36N6O/c1-16(2)13-25-8-6-5-7-18(25)12-22-20(21-3)26-9-10-27-19(15-26)17-11-23-24(4)14-17/h11,14,16,18-19H,5-10,12-13,15H2,1-4H3,(H,21,22). The average molecular weight is 377 g/mol. The number of morpholine rings is 1. The molecule has 3 heterocycles. The van der Waals surface area contributed by atoms with E-state index in [9.17, 15) is 0 Å². The smallest absolute Gasteiger partial charge is 0.193 e. The van der Waals surface area contributed by atoms with Gasteiger partial charge >= 0.3 is 0 Å². The van der Waals surface area contributed by atoms with E-state index >= 15 is 0 Å². The van der Waals surface area contributed by atoms with Crippen molar-refractivity contribution in [2.45, 2.75) is 45.3 Å². The lowest BCUT2D eigenvalue weighted by Crippen LogP contribution is -2.53. The fourth-order valence-electron chi connectivity index (χ4n) is 4.19. The van der Waals surface area contributed by atoms with Crippen molar-refractivity contribution in [3.8, 4) is 0 Å². The zero-order valence-electron chi connectivity index (χ0n) is 17.4. The number of nitrogens with one attached hydrogen (secondary N) is 1. The van der Waals surface area contributed by atoms with Crippen LogP contribution < -0.4 is 5.32 Å². The van der Waals surface area contributed by atoms with Crippen molar-refractivity contribution in [1.82, 2.24) is 24.9 Å². The van der Waals surface area contributed by atoms with Gasteiger partial charge in [-0.15, -0.1) is 0 Å². The second-order valence-electron chi connectivity index (χ2n) is 8.22. The van der Waals surface area contributed by atoms with Gasteiger partial charge < -0.3 is 15.0 Å². The number of likely N-dealkylation sites (tertiary alicyclic amines) is 1. The molecule has 0 aliphatic carbocycles. The summed E-state index contributed by atoms with van der Waals surface area (Å²) in [4.78, 5) is 9.53. The molecule has 1 aromatic rings. The Bertz CT molecular complexity index is 613. The molecule has 2 unspecified atom stereocenters. The Morgan fingerprint density at radius 1 is 1.37 bits per heavy atom. The number of rotatable bonds is 5. The number of ether oxygens (including phenoxy) is 1. The minimum atomic E-state index is 0.0538. The molecule has 3 rings (SSSR count). The molecule has 0 saturated carbocycles. The van der Waals surface area contributed by atoms with Gasteiger partial charge in [-0.2, -0.15) is 5.10 Å². The Balaban J connectivity index is 1.56. The number of hydrogen-bond donors (Lipinski definition) is 1. The normalized spacial score (nSPS) is 25.2. The number of guanidine groups is 1. The van der Waals surface area contributed by atoms with Crippen molar-refractivity contribution < 1.29 is 4.74 Å². The molecular formula is C20H36N6O. The summed E-state index contributed by atoms with van der Waals surface area (Å²) in [6.45, 7) is 10.4. The first-order valence-corrected chi connectivity index (χ1v) is 10.4. The second kappa shape index (κ2) is 9.55. The number of hydrogen-bond acceptors (Lipinski definition) is 4. The molecule has 1 aromatic heterocycles. The summed E-state index contributed by atoms with van der Waals surface area (Å²) in [5.41, 5.74) is 1.13. The minimum absolute atomic E-state index is 0.0538. The maximum absolute atomic E-state index is 5.97. The third-order valence-electron chi connectivity index (χ3n) is 5.52. The van der Waals surface area contributed by atoms with Gasteiger partial charge in [0.25, 0.3) is 0 Å². The van der Waals surface area contributed by atoms with E-state index in [2.05, 4.69) is 39.1 Å². The molecule has 2 saturated heterocycles. The summed E-state index contributed by atoms with van der Waals surface area (Å²) >= 11 is 0. The van der Waals surface area contributed by atoms with Gasteiger partial charge in [0, 0.05) is 51.5 Å². The Morgan fingerprint density at radius 3 is 2.93 bits per heavy atom. The van der Waals surface area contributed by atoms with Crippen LogP contribution in [0.1, 0.15) is 44.8 Å². The molecule has 7 heteroatoms. The van der Waals surface area contributed by atoms with E-state index in [0.717, 1.165) is 31.2 Å². The topological polar surface area (TPSA) is 57.9 Å².